The zero-order chi connectivity index (χ0) is 9.90. The molecule has 2 nitrogen and oxygen atoms in total. The van der Waals surface area contributed by atoms with Gasteiger partial charge in [0.15, 0.2) is 0 Å². The molecule has 0 radical (unpaired) electrons. The summed E-state index contributed by atoms with van der Waals surface area (Å²) in [5, 5.41) is 0. The van der Waals surface area contributed by atoms with Gasteiger partial charge in [-0.2, -0.15) is 0 Å². The summed E-state index contributed by atoms with van der Waals surface area (Å²) in [5.41, 5.74) is 0.298. The summed E-state index contributed by atoms with van der Waals surface area (Å²) >= 11 is 0. The lowest BCUT2D eigenvalue weighted by molar-refractivity contribution is -0.117. The van der Waals surface area contributed by atoms with Gasteiger partial charge in [0.25, 0.3) is 0 Å². The highest BCUT2D eigenvalue weighted by Gasteiger charge is 2.35. The van der Waals surface area contributed by atoms with E-state index in [0.717, 1.165) is 32.2 Å². The van der Waals surface area contributed by atoms with Crippen molar-refractivity contribution < 1.29 is 4.79 Å². The molecule has 0 aromatic rings. The minimum Gasteiger partial charge on any atom is -0.298 e. The quantitative estimate of drug-likeness (QED) is 0.666. The number of ketones is 1. The van der Waals surface area contributed by atoms with Gasteiger partial charge in [0.1, 0.15) is 5.78 Å². The van der Waals surface area contributed by atoms with E-state index in [9.17, 15) is 4.79 Å². The Morgan fingerprint density at radius 1 is 1.23 bits per heavy atom. The number of hydrogen-bond donors (Lipinski definition) is 0. The second-order valence-electron chi connectivity index (χ2n) is 4.00. The lowest BCUT2D eigenvalue weighted by atomic mass is 9.88. The van der Waals surface area contributed by atoms with Crippen molar-refractivity contribution in [3.63, 3.8) is 0 Å². The van der Waals surface area contributed by atoms with E-state index >= 15 is 0 Å². The SMILES string of the molecule is CCC(CC)(CC)N1CCC(=O)C1. The zero-order valence-electron chi connectivity index (χ0n) is 9.10. The number of rotatable bonds is 4. The van der Waals surface area contributed by atoms with Crippen LogP contribution in [-0.4, -0.2) is 29.3 Å². The monoisotopic (exact) mass is 183 g/mol. The molecule has 0 unspecified atom stereocenters. The summed E-state index contributed by atoms with van der Waals surface area (Å²) in [6.45, 7) is 8.37. The van der Waals surface area contributed by atoms with Crippen LogP contribution in [0.2, 0.25) is 0 Å². The molecular weight excluding hydrogens is 162 g/mol. The van der Waals surface area contributed by atoms with Crippen LogP contribution in [0.1, 0.15) is 46.5 Å². The third-order valence-electron chi connectivity index (χ3n) is 3.67. The van der Waals surface area contributed by atoms with E-state index in [1.54, 1.807) is 0 Å². The normalized spacial score (nSPS) is 19.8. The van der Waals surface area contributed by atoms with Crippen molar-refractivity contribution in [1.82, 2.24) is 4.90 Å². The lowest BCUT2D eigenvalue weighted by Gasteiger charge is -2.39. The van der Waals surface area contributed by atoms with Crippen molar-refractivity contribution in [1.29, 1.82) is 0 Å². The van der Waals surface area contributed by atoms with Crippen LogP contribution >= 0.6 is 0 Å². The molecule has 1 heterocycles. The van der Waals surface area contributed by atoms with Crippen LogP contribution in [0, 0.1) is 0 Å². The zero-order valence-corrected chi connectivity index (χ0v) is 9.10. The molecule has 1 aliphatic rings. The minimum absolute atomic E-state index is 0.298. The van der Waals surface area contributed by atoms with Crippen LogP contribution in [0.15, 0.2) is 0 Å². The predicted octanol–water partition coefficient (Wildman–Crippen LogP) is 2.23. The average molecular weight is 183 g/mol. The lowest BCUT2D eigenvalue weighted by Crippen LogP contribution is -2.46. The van der Waals surface area contributed by atoms with Crippen molar-refractivity contribution in [2.24, 2.45) is 0 Å². The summed E-state index contributed by atoms with van der Waals surface area (Å²) in [7, 11) is 0. The van der Waals surface area contributed by atoms with Crippen molar-refractivity contribution in [2.75, 3.05) is 13.1 Å². The molecule has 2 heteroatoms. The van der Waals surface area contributed by atoms with Gasteiger partial charge >= 0.3 is 0 Å². The van der Waals surface area contributed by atoms with E-state index in [1.807, 2.05) is 0 Å². The van der Waals surface area contributed by atoms with E-state index in [1.165, 1.54) is 0 Å². The molecule has 1 saturated heterocycles. The van der Waals surface area contributed by atoms with Crippen LogP contribution in [0.25, 0.3) is 0 Å². The minimum atomic E-state index is 0.298. The Bertz CT molecular complexity index is 176. The average Bonchev–Trinajstić information content (AvgIpc) is 2.57. The Balaban J connectivity index is 2.69. The maximum atomic E-state index is 11.2. The first-order valence-corrected chi connectivity index (χ1v) is 5.45. The second-order valence-corrected chi connectivity index (χ2v) is 4.00. The fraction of sp³-hybridized carbons (Fsp3) is 0.909. The summed E-state index contributed by atoms with van der Waals surface area (Å²) in [6, 6.07) is 0. The highest BCUT2D eigenvalue weighted by atomic mass is 16.1. The van der Waals surface area contributed by atoms with Gasteiger partial charge in [-0.3, -0.25) is 9.69 Å². The van der Waals surface area contributed by atoms with E-state index in [0.29, 0.717) is 17.9 Å². The molecule has 0 atom stereocenters. The molecule has 1 rings (SSSR count). The van der Waals surface area contributed by atoms with Gasteiger partial charge in [-0.05, 0) is 19.3 Å². The van der Waals surface area contributed by atoms with Crippen molar-refractivity contribution in [3.05, 3.63) is 0 Å². The molecule has 0 aromatic heterocycles. The summed E-state index contributed by atoms with van der Waals surface area (Å²) in [5.74, 6) is 0.416. The van der Waals surface area contributed by atoms with Gasteiger partial charge in [-0.15, -0.1) is 0 Å². The van der Waals surface area contributed by atoms with Crippen molar-refractivity contribution >= 4 is 5.78 Å². The van der Waals surface area contributed by atoms with E-state index in [2.05, 4.69) is 25.7 Å². The first-order chi connectivity index (χ1) is 6.18. The van der Waals surface area contributed by atoms with Crippen molar-refractivity contribution in [3.8, 4) is 0 Å². The highest BCUT2D eigenvalue weighted by molar-refractivity contribution is 5.82. The second kappa shape index (κ2) is 4.23. The van der Waals surface area contributed by atoms with E-state index in [-0.39, 0.29) is 0 Å². The standard InChI is InChI=1S/C11H21NO/c1-4-11(5-2,6-3)12-8-7-10(13)9-12/h4-9H2,1-3H3. The summed E-state index contributed by atoms with van der Waals surface area (Å²) < 4.78 is 0. The van der Waals surface area contributed by atoms with Gasteiger partial charge in [0.2, 0.25) is 0 Å². The topological polar surface area (TPSA) is 20.3 Å². The Morgan fingerprint density at radius 2 is 1.77 bits per heavy atom. The van der Waals surface area contributed by atoms with Gasteiger partial charge in [0.05, 0.1) is 6.54 Å². The number of likely N-dealkylation sites (tertiary alicyclic amines) is 1. The predicted molar refractivity (Wildman–Crippen MR) is 54.8 cm³/mol. The Hall–Kier alpha value is -0.370. The smallest absolute Gasteiger partial charge is 0.148 e. The summed E-state index contributed by atoms with van der Waals surface area (Å²) in [6.07, 6.45) is 4.25. The van der Waals surface area contributed by atoms with Crippen LogP contribution in [0.3, 0.4) is 0 Å². The maximum absolute atomic E-state index is 11.2. The fourth-order valence-corrected chi connectivity index (χ4v) is 2.46. The Labute approximate surface area is 81.3 Å². The van der Waals surface area contributed by atoms with Crippen LogP contribution in [0.4, 0.5) is 0 Å². The Kier molecular flexibility index (Phi) is 3.48. The molecule has 1 fully saturated rings. The van der Waals surface area contributed by atoms with Gasteiger partial charge in [0, 0.05) is 18.5 Å². The maximum Gasteiger partial charge on any atom is 0.148 e. The molecule has 13 heavy (non-hydrogen) atoms. The largest absolute Gasteiger partial charge is 0.298 e. The molecule has 0 aromatic carbocycles. The Morgan fingerprint density at radius 3 is 2.08 bits per heavy atom. The first kappa shape index (κ1) is 10.7. The number of hydrogen-bond acceptors (Lipinski definition) is 2. The van der Waals surface area contributed by atoms with Crippen LogP contribution in [-0.2, 0) is 4.79 Å². The molecule has 1 aliphatic heterocycles. The molecule has 0 bridgehead atoms. The van der Waals surface area contributed by atoms with Crippen LogP contribution < -0.4 is 0 Å². The fourth-order valence-electron chi connectivity index (χ4n) is 2.46. The molecule has 0 spiro atoms. The number of carbonyl (C=O) groups excluding carboxylic acids is 1. The van der Waals surface area contributed by atoms with Crippen molar-refractivity contribution in [2.45, 2.75) is 52.0 Å². The van der Waals surface area contributed by atoms with E-state index in [4.69, 9.17) is 0 Å². The third kappa shape index (κ3) is 1.93. The first-order valence-electron chi connectivity index (χ1n) is 5.45. The number of nitrogens with zero attached hydrogens (tertiary/aromatic N) is 1. The van der Waals surface area contributed by atoms with E-state index < -0.39 is 0 Å². The van der Waals surface area contributed by atoms with Gasteiger partial charge < -0.3 is 0 Å². The number of carbonyl (C=O) groups is 1. The molecule has 0 saturated carbocycles. The third-order valence-corrected chi connectivity index (χ3v) is 3.67. The molecular formula is C11H21NO. The molecule has 76 valence electrons. The van der Waals surface area contributed by atoms with Gasteiger partial charge in [-0.25, -0.2) is 0 Å². The molecule has 0 aliphatic carbocycles. The van der Waals surface area contributed by atoms with Gasteiger partial charge in [-0.1, -0.05) is 20.8 Å². The molecule has 0 N–H and O–H groups in total. The molecule has 0 amide bonds. The summed E-state index contributed by atoms with van der Waals surface area (Å²) in [4.78, 5) is 13.6. The number of Topliss-reactive ketones (excluding diaryl/α,β-unsaturated/α-hetero) is 1. The van der Waals surface area contributed by atoms with Crippen LogP contribution in [0.5, 0.6) is 0 Å². The highest BCUT2D eigenvalue weighted by Crippen LogP contribution is 2.29.